The van der Waals surface area contributed by atoms with Crippen molar-refractivity contribution >= 4 is 29.3 Å². The molecule has 0 aliphatic heterocycles. The number of nitrogens with zero attached hydrogens (tertiary/aromatic N) is 1. The van der Waals surface area contributed by atoms with Crippen LogP contribution in [0.25, 0.3) is 0 Å². The maximum absolute atomic E-state index is 11.6. The van der Waals surface area contributed by atoms with E-state index in [9.17, 15) is 9.59 Å². The molecule has 2 N–H and O–H groups in total. The van der Waals surface area contributed by atoms with E-state index in [-0.39, 0.29) is 11.3 Å². The summed E-state index contributed by atoms with van der Waals surface area (Å²) in [6.45, 7) is -0.440. The molecule has 1 amide bonds. The highest BCUT2D eigenvalue weighted by Gasteiger charge is 2.10. The second-order valence-electron chi connectivity index (χ2n) is 4.03. The Balaban J connectivity index is 1.84. The van der Waals surface area contributed by atoms with Gasteiger partial charge in [-0.15, -0.1) is 0 Å². The van der Waals surface area contributed by atoms with E-state index in [0.29, 0.717) is 10.8 Å². The third-order valence-corrected chi connectivity index (χ3v) is 2.66. The third-order valence-electron chi connectivity index (χ3n) is 2.43. The summed E-state index contributed by atoms with van der Waals surface area (Å²) in [4.78, 5) is 27.1. The molecule has 6 nitrogen and oxygen atoms in total. The van der Waals surface area contributed by atoms with Crippen LogP contribution >= 0.6 is 11.6 Å². The van der Waals surface area contributed by atoms with Crippen molar-refractivity contribution in [3.8, 4) is 5.75 Å². The minimum Gasteiger partial charge on any atom is -0.508 e. The predicted octanol–water partition coefficient (Wildman–Crippen LogP) is 2.24. The van der Waals surface area contributed by atoms with E-state index < -0.39 is 18.5 Å². The monoisotopic (exact) mass is 306 g/mol. The molecule has 0 saturated heterocycles. The van der Waals surface area contributed by atoms with Gasteiger partial charge in [-0.3, -0.25) is 4.79 Å². The molecular weight excluding hydrogens is 296 g/mol. The Bertz CT molecular complexity index is 641. The Morgan fingerprint density at radius 2 is 1.90 bits per heavy atom. The van der Waals surface area contributed by atoms with Crippen LogP contribution in [0.1, 0.15) is 10.4 Å². The maximum Gasteiger partial charge on any atom is 0.338 e. The van der Waals surface area contributed by atoms with Crippen molar-refractivity contribution in [2.45, 2.75) is 0 Å². The fourth-order valence-electron chi connectivity index (χ4n) is 1.44. The zero-order chi connectivity index (χ0) is 15.2. The van der Waals surface area contributed by atoms with Gasteiger partial charge in [-0.05, 0) is 36.4 Å². The van der Waals surface area contributed by atoms with E-state index in [4.69, 9.17) is 21.4 Å². The van der Waals surface area contributed by atoms with Crippen LogP contribution in [0, 0.1) is 0 Å². The van der Waals surface area contributed by atoms with Crippen LogP contribution < -0.4 is 5.32 Å². The second-order valence-corrected chi connectivity index (χ2v) is 4.47. The molecule has 0 saturated carbocycles. The lowest BCUT2D eigenvalue weighted by Gasteiger charge is -2.06. The van der Waals surface area contributed by atoms with Crippen molar-refractivity contribution in [1.29, 1.82) is 0 Å². The first-order chi connectivity index (χ1) is 10.0. The summed E-state index contributed by atoms with van der Waals surface area (Å²) in [5.41, 5.74) is 0.241. The van der Waals surface area contributed by atoms with Gasteiger partial charge in [0.05, 0.1) is 10.6 Å². The highest BCUT2D eigenvalue weighted by molar-refractivity contribution is 6.30. The molecule has 0 atom stereocenters. The van der Waals surface area contributed by atoms with E-state index in [1.807, 2.05) is 0 Å². The average molecular weight is 307 g/mol. The van der Waals surface area contributed by atoms with Crippen LogP contribution in [0.15, 0.2) is 42.6 Å². The maximum atomic E-state index is 11.6. The number of nitrogens with one attached hydrogen (secondary N) is 1. The molecule has 1 aromatic carbocycles. The van der Waals surface area contributed by atoms with Crippen LogP contribution in [-0.4, -0.2) is 28.6 Å². The summed E-state index contributed by atoms with van der Waals surface area (Å²) in [7, 11) is 0. The Morgan fingerprint density at radius 1 is 1.19 bits per heavy atom. The topological polar surface area (TPSA) is 88.5 Å². The van der Waals surface area contributed by atoms with Gasteiger partial charge in [0.25, 0.3) is 5.91 Å². The minimum absolute atomic E-state index is 0.0399. The summed E-state index contributed by atoms with van der Waals surface area (Å²) in [6, 6.07) is 8.61. The van der Waals surface area contributed by atoms with E-state index >= 15 is 0 Å². The number of anilines is 1. The van der Waals surface area contributed by atoms with Crippen LogP contribution in [0.4, 0.5) is 5.82 Å². The van der Waals surface area contributed by atoms with Crippen molar-refractivity contribution in [2.24, 2.45) is 0 Å². The zero-order valence-corrected chi connectivity index (χ0v) is 11.5. The number of aromatic hydroxyl groups is 1. The second kappa shape index (κ2) is 6.71. The Morgan fingerprint density at radius 3 is 2.52 bits per heavy atom. The van der Waals surface area contributed by atoms with E-state index in [1.165, 1.54) is 36.5 Å². The van der Waals surface area contributed by atoms with Crippen molar-refractivity contribution in [1.82, 2.24) is 4.98 Å². The number of pyridine rings is 1. The molecule has 7 heteroatoms. The molecule has 0 bridgehead atoms. The van der Waals surface area contributed by atoms with E-state index in [0.717, 1.165) is 0 Å². The molecule has 1 aromatic heterocycles. The summed E-state index contributed by atoms with van der Waals surface area (Å²) in [6.07, 6.45) is 1.39. The number of rotatable bonds is 4. The number of hydrogen-bond acceptors (Lipinski definition) is 5. The van der Waals surface area contributed by atoms with E-state index in [1.54, 1.807) is 6.07 Å². The van der Waals surface area contributed by atoms with Crippen LogP contribution in [-0.2, 0) is 9.53 Å². The number of carbonyl (C=O) groups excluding carboxylic acids is 2. The molecular formula is C14H11ClN2O4. The highest BCUT2D eigenvalue weighted by atomic mass is 35.5. The number of phenolic OH excluding ortho intramolecular Hbond substituents is 1. The summed E-state index contributed by atoms with van der Waals surface area (Å²) < 4.78 is 4.84. The first-order valence-corrected chi connectivity index (χ1v) is 6.30. The Labute approximate surface area is 125 Å². The van der Waals surface area contributed by atoms with Gasteiger partial charge >= 0.3 is 5.97 Å². The molecule has 2 aromatic rings. The number of phenols is 1. The predicted molar refractivity (Wildman–Crippen MR) is 76.3 cm³/mol. The van der Waals surface area contributed by atoms with Crippen molar-refractivity contribution < 1.29 is 19.4 Å². The fraction of sp³-hybridized carbons (Fsp3) is 0.0714. The van der Waals surface area contributed by atoms with Gasteiger partial charge in [-0.2, -0.15) is 0 Å². The van der Waals surface area contributed by atoms with Gasteiger partial charge in [-0.1, -0.05) is 11.6 Å². The Hall–Kier alpha value is -2.60. The lowest BCUT2D eigenvalue weighted by Crippen LogP contribution is -2.21. The minimum atomic E-state index is -0.658. The van der Waals surface area contributed by atoms with Crippen LogP contribution in [0.3, 0.4) is 0 Å². The summed E-state index contributed by atoms with van der Waals surface area (Å²) in [5.74, 6) is -0.825. The molecule has 21 heavy (non-hydrogen) atoms. The molecule has 1 heterocycles. The van der Waals surface area contributed by atoms with E-state index in [2.05, 4.69) is 10.3 Å². The van der Waals surface area contributed by atoms with Crippen molar-refractivity contribution in [2.75, 3.05) is 11.9 Å². The molecule has 0 fully saturated rings. The van der Waals surface area contributed by atoms with Gasteiger partial charge in [0.15, 0.2) is 6.61 Å². The number of amides is 1. The number of carbonyl (C=O) groups is 2. The third kappa shape index (κ3) is 4.47. The largest absolute Gasteiger partial charge is 0.508 e. The van der Waals surface area contributed by atoms with Gasteiger partial charge in [0.2, 0.25) is 0 Å². The van der Waals surface area contributed by atoms with Crippen LogP contribution in [0.2, 0.25) is 5.02 Å². The SMILES string of the molecule is O=C(COC(=O)c1ccc(O)cc1)Nc1ccc(Cl)cn1. The van der Waals surface area contributed by atoms with Gasteiger partial charge < -0.3 is 15.2 Å². The molecule has 0 spiro atoms. The first-order valence-electron chi connectivity index (χ1n) is 5.92. The fourth-order valence-corrected chi connectivity index (χ4v) is 1.55. The zero-order valence-electron chi connectivity index (χ0n) is 10.7. The molecule has 108 valence electrons. The van der Waals surface area contributed by atoms with Gasteiger partial charge in [-0.25, -0.2) is 9.78 Å². The van der Waals surface area contributed by atoms with Gasteiger partial charge in [0, 0.05) is 6.20 Å². The average Bonchev–Trinajstić information content (AvgIpc) is 2.48. The molecule has 0 unspecified atom stereocenters. The quantitative estimate of drug-likeness (QED) is 0.846. The smallest absolute Gasteiger partial charge is 0.338 e. The number of halogens is 1. The normalized spacial score (nSPS) is 9.95. The first kappa shape index (κ1) is 14.8. The standard InChI is InChI=1S/C14H11ClN2O4/c15-10-3-6-12(16-7-10)17-13(19)8-21-14(20)9-1-4-11(18)5-2-9/h1-7,18H,8H2,(H,16,17,19). The van der Waals surface area contributed by atoms with Crippen LogP contribution in [0.5, 0.6) is 5.75 Å². The number of hydrogen-bond donors (Lipinski definition) is 2. The molecule has 0 aliphatic carbocycles. The molecule has 0 radical (unpaired) electrons. The summed E-state index contributed by atoms with van der Waals surface area (Å²) in [5, 5.41) is 12.0. The Kier molecular flexibility index (Phi) is 4.73. The number of ether oxygens (including phenoxy) is 1. The lowest BCUT2D eigenvalue weighted by atomic mass is 10.2. The summed E-state index contributed by atoms with van der Waals surface area (Å²) >= 11 is 5.67. The van der Waals surface area contributed by atoms with Gasteiger partial charge in [0.1, 0.15) is 11.6 Å². The lowest BCUT2D eigenvalue weighted by molar-refractivity contribution is -0.119. The van der Waals surface area contributed by atoms with Crippen molar-refractivity contribution in [3.63, 3.8) is 0 Å². The molecule has 0 aliphatic rings. The highest BCUT2D eigenvalue weighted by Crippen LogP contribution is 2.11. The number of benzene rings is 1. The molecule has 2 rings (SSSR count). The van der Waals surface area contributed by atoms with Crippen molar-refractivity contribution in [3.05, 3.63) is 53.2 Å². The number of esters is 1. The number of aromatic nitrogens is 1.